The molecule has 0 saturated carbocycles. The van der Waals surface area contributed by atoms with Crippen LogP contribution in [0.4, 0.5) is 9.18 Å². The molecule has 6 nitrogen and oxygen atoms in total. The third kappa shape index (κ3) is 5.23. The van der Waals surface area contributed by atoms with Crippen molar-refractivity contribution in [3.8, 4) is 0 Å². The van der Waals surface area contributed by atoms with E-state index < -0.39 is 29.8 Å². The lowest BCUT2D eigenvalue weighted by Gasteiger charge is -2.10. The molecule has 0 saturated heterocycles. The number of nitrogens with two attached hydrogens (primary N) is 1. The number of urea groups is 1. The van der Waals surface area contributed by atoms with Gasteiger partial charge in [-0.15, -0.1) is 0 Å². The Morgan fingerprint density at radius 1 is 1.43 bits per heavy atom. The van der Waals surface area contributed by atoms with E-state index in [1.807, 2.05) is 0 Å². The molecule has 1 aromatic carbocycles. The smallest absolute Gasteiger partial charge is 0.331 e. The molecule has 0 spiro atoms. The maximum Gasteiger partial charge on any atom is 0.331 e. The van der Waals surface area contributed by atoms with E-state index in [2.05, 4.69) is 0 Å². The highest BCUT2D eigenvalue weighted by molar-refractivity contribution is 6.32. The minimum Gasteiger partial charge on any atom is -0.449 e. The summed E-state index contributed by atoms with van der Waals surface area (Å²) in [6, 6.07) is 3.00. The zero-order chi connectivity index (χ0) is 16.0. The Bertz CT molecular complexity index is 584. The molecular weight excluding hydrogens is 303 g/mol. The Morgan fingerprint density at radius 2 is 2.10 bits per heavy atom. The summed E-state index contributed by atoms with van der Waals surface area (Å²) in [5.74, 6) is -2.37. The maximum absolute atomic E-state index is 13.4. The quantitative estimate of drug-likeness (QED) is 0.651. The second kappa shape index (κ2) is 7.39. The van der Waals surface area contributed by atoms with E-state index in [-0.39, 0.29) is 10.6 Å². The van der Waals surface area contributed by atoms with Gasteiger partial charge in [0, 0.05) is 11.6 Å². The summed E-state index contributed by atoms with van der Waals surface area (Å²) < 4.78 is 18.1. The van der Waals surface area contributed by atoms with Gasteiger partial charge in [-0.1, -0.05) is 17.7 Å². The van der Waals surface area contributed by atoms with Crippen molar-refractivity contribution in [2.24, 2.45) is 5.73 Å². The van der Waals surface area contributed by atoms with Gasteiger partial charge in [0.05, 0.1) is 5.02 Å². The van der Waals surface area contributed by atoms with Crippen LogP contribution in [0.25, 0.3) is 6.08 Å². The number of halogens is 2. The van der Waals surface area contributed by atoms with Crippen LogP contribution in [0.1, 0.15) is 12.5 Å². The fraction of sp³-hybridized carbons (Fsp3) is 0.154. The zero-order valence-electron chi connectivity index (χ0n) is 10.9. The van der Waals surface area contributed by atoms with Crippen molar-refractivity contribution >= 4 is 35.6 Å². The monoisotopic (exact) mass is 314 g/mol. The van der Waals surface area contributed by atoms with Crippen LogP contribution < -0.4 is 11.1 Å². The number of esters is 1. The van der Waals surface area contributed by atoms with Gasteiger partial charge in [0.15, 0.2) is 6.10 Å². The van der Waals surface area contributed by atoms with Crippen molar-refractivity contribution in [2.45, 2.75) is 13.0 Å². The number of hydrogen-bond donors (Lipinski definition) is 2. The Labute approximate surface area is 124 Å². The first-order chi connectivity index (χ1) is 9.81. The summed E-state index contributed by atoms with van der Waals surface area (Å²) in [6.07, 6.45) is 0.808. The molecule has 112 valence electrons. The second-order valence-electron chi connectivity index (χ2n) is 3.90. The molecule has 21 heavy (non-hydrogen) atoms. The van der Waals surface area contributed by atoms with E-state index in [4.69, 9.17) is 22.1 Å². The van der Waals surface area contributed by atoms with Crippen molar-refractivity contribution < 1.29 is 23.5 Å². The first kappa shape index (κ1) is 16.6. The zero-order valence-corrected chi connectivity index (χ0v) is 11.7. The third-order valence-corrected chi connectivity index (χ3v) is 2.62. The summed E-state index contributed by atoms with van der Waals surface area (Å²) in [5, 5.41) is 1.88. The van der Waals surface area contributed by atoms with Crippen LogP contribution >= 0.6 is 11.6 Å². The summed E-state index contributed by atoms with van der Waals surface area (Å²) in [4.78, 5) is 33.2. The molecule has 0 heterocycles. The normalized spacial score (nSPS) is 12.0. The average Bonchev–Trinajstić information content (AvgIpc) is 2.37. The molecule has 0 aliphatic carbocycles. The van der Waals surface area contributed by atoms with Gasteiger partial charge in [-0.05, 0) is 25.1 Å². The molecule has 0 bridgehead atoms. The number of imide groups is 1. The van der Waals surface area contributed by atoms with E-state index in [1.54, 1.807) is 5.32 Å². The SMILES string of the molecule is C[C@@H](OC(=O)/C=C/c1c(F)cccc1Cl)C(=O)NC(N)=O. The number of carbonyl (C=O) groups excluding carboxylic acids is 3. The van der Waals surface area contributed by atoms with Crippen LogP contribution in [-0.2, 0) is 14.3 Å². The molecule has 1 rings (SSSR count). The molecule has 0 fully saturated rings. The standard InChI is InChI=1S/C13H12ClFN2O4/c1-7(12(19)17-13(16)20)21-11(18)6-5-8-9(14)3-2-4-10(8)15/h2-7H,1H3,(H3,16,17,19,20)/b6-5+/t7-/m1/s1. The Morgan fingerprint density at radius 3 is 2.67 bits per heavy atom. The van der Waals surface area contributed by atoms with E-state index >= 15 is 0 Å². The minimum absolute atomic E-state index is 0.0188. The molecule has 0 aliphatic rings. The lowest BCUT2D eigenvalue weighted by atomic mass is 10.2. The van der Waals surface area contributed by atoms with E-state index in [1.165, 1.54) is 25.1 Å². The predicted octanol–water partition coefficient (Wildman–Crippen LogP) is 1.62. The molecule has 0 aliphatic heterocycles. The van der Waals surface area contributed by atoms with Crippen molar-refractivity contribution in [3.63, 3.8) is 0 Å². The summed E-state index contributed by atoms with van der Waals surface area (Å²) in [6.45, 7) is 1.25. The van der Waals surface area contributed by atoms with Crippen molar-refractivity contribution in [1.29, 1.82) is 0 Å². The average molecular weight is 315 g/mol. The van der Waals surface area contributed by atoms with Crippen molar-refractivity contribution in [2.75, 3.05) is 0 Å². The molecule has 1 aromatic rings. The fourth-order valence-corrected chi connectivity index (χ4v) is 1.54. The van der Waals surface area contributed by atoms with Gasteiger partial charge in [0.2, 0.25) is 0 Å². The molecular formula is C13H12ClFN2O4. The van der Waals surface area contributed by atoms with E-state index in [0.717, 1.165) is 12.2 Å². The summed E-state index contributed by atoms with van der Waals surface area (Å²) in [5.41, 5.74) is 4.77. The van der Waals surface area contributed by atoms with Gasteiger partial charge >= 0.3 is 12.0 Å². The highest BCUT2D eigenvalue weighted by Gasteiger charge is 2.17. The highest BCUT2D eigenvalue weighted by Crippen LogP contribution is 2.20. The van der Waals surface area contributed by atoms with Crippen molar-refractivity contribution in [3.05, 3.63) is 40.7 Å². The number of ether oxygens (including phenoxy) is 1. The van der Waals surface area contributed by atoms with Crippen LogP contribution in [0, 0.1) is 5.82 Å². The first-order valence-corrected chi connectivity index (χ1v) is 6.12. The second-order valence-corrected chi connectivity index (χ2v) is 4.31. The Kier molecular flexibility index (Phi) is 5.86. The number of nitrogens with one attached hydrogen (secondary N) is 1. The van der Waals surface area contributed by atoms with Gasteiger partial charge in [0.25, 0.3) is 5.91 Å². The molecule has 8 heteroatoms. The van der Waals surface area contributed by atoms with Gasteiger partial charge in [-0.3, -0.25) is 10.1 Å². The van der Waals surface area contributed by atoms with Crippen LogP contribution in [-0.4, -0.2) is 24.0 Å². The molecule has 0 aromatic heterocycles. The first-order valence-electron chi connectivity index (χ1n) is 5.74. The van der Waals surface area contributed by atoms with Crippen molar-refractivity contribution in [1.82, 2.24) is 5.32 Å². The molecule has 0 radical (unpaired) electrons. The maximum atomic E-state index is 13.4. The largest absolute Gasteiger partial charge is 0.449 e. The van der Waals surface area contributed by atoms with Gasteiger partial charge in [-0.25, -0.2) is 14.0 Å². The minimum atomic E-state index is -1.23. The topological polar surface area (TPSA) is 98.5 Å². The van der Waals surface area contributed by atoms with Crippen LogP contribution in [0.3, 0.4) is 0 Å². The number of hydrogen-bond acceptors (Lipinski definition) is 4. The number of carbonyl (C=O) groups is 3. The Hall–Kier alpha value is -2.41. The van der Waals surface area contributed by atoms with Gasteiger partial charge in [-0.2, -0.15) is 0 Å². The summed E-state index contributed by atoms with van der Waals surface area (Å²) in [7, 11) is 0. The number of primary amides is 1. The Balaban J connectivity index is 2.67. The third-order valence-electron chi connectivity index (χ3n) is 2.29. The van der Waals surface area contributed by atoms with Crippen LogP contribution in [0.2, 0.25) is 5.02 Å². The van der Waals surface area contributed by atoms with Gasteiger partial charge < -0.3 is 10.5 Å². The van der Waals surface area contributed by atoms with Crippen LogP contribution in [0.5, 0.6) is 0 Å². The molecule has 0 unspecified atom stereocenters. The molecule has 1 atom stereocenters. The molecule has 3 amide bonds. The molecule has 3 N–H and O–H groups in total. The fourth-order valence-electron chi connectivity index (χ4n) is 1.31. The van der Waals surface area contributed by atoms with E-state index in [0.29, 0.717) is 0 Å². The van der Waals surface area contributed by atoms with E-state index in [9.17, 15) is 18.8 Å². The summed E-state index contributed by atoms with van der Waals surface area (Å²) >= 11 is 5.77. The van der Waals surface area contributed by atoms with Gasteiger partial charge in [0.1, 0.15) is 5.82 Å². The van der Waals surface area contributed by atoms with Crippen LogP contribution in [0.15, 0.2) is 24.3 Å². The number of amides is 3. The lowest BCUT2D eigenvalue weighted by molar-refractivity contribution is -0.149. The predicted molar refractivity (Wildman–Crippen MR) is 73.7 cm³/mol. The lowest BCUT2D eigenvalue weighted by Crippen LogP contribution is -2.42. The number of rotatable bonds is 4. The number of benzene rings is 1. The highest BCUT2D eigenvalue weighted by atomic mass is 35.5.